The van der Waals surface area contributed by atoms with Gasteiger partial charge in [-0.2, -0.15) is 13.2 Å². The number of amides is 2. The summed E-state index contributed by atoms with van der Waals surface area (Å²) in [4.78, 5) is 12.1. The Kier molecular flexibility index (Phi) is 4.82. The topological polar surface area (TPSA) is 41.1 Å². The minimum atomic E-state index is -4.57. The van der Waals surface area contributed by atoms with Crippen molar-refractivity contribution in [2.75, 3.05) is 5.32 Å². The molecule has 0 aromatic heterocycles. The molecule has 0 fully saturated rings. The molecule has 0 saturated heterocycles. The van der Waals surface area contributed by atoms with E-state index in [1.807, 2.05) is 0 Å². The monoisotopic (exact) mass is 340 g/mol. The van der Waals surface area contributed by atoms with E-state index in [0.717, 1.165) is 6.07 Å². The van der Waals surface area contributed by atoms with E-state index < -0.39 is 29.1 Å². The predicted molar refractivity (Wildman–Crippen MR) is 83.0 cm³/mol. The molecule has 24 heavy (non-hydrogen) atoms. The summed E-state index contributed by atoms with van der Waals surface area (Å²) >= 11 is 0. The number of nitrogens with one attached hydrogen (secondary N) is 2. The van der Waals surface area contributed by atoms with Crippen LogP contribution in [0.4, 0.5) is 28.0 Å². The van der Waals surface area contributed by atoms with Gasteiger partial charge >= 0.3 is 12.2 Å². The Morgan fingerprint density at radius 3 is 2.12 bits per heavy atom. The van der Waals surface area contributed by atoms with Gasteiger partial charge in [0.2, 0.25) is 0 Å². The highest BCUT2D eigenvalue weighted by Crippen LogP contribution is 2.34. The Morgan fingerprint density at radius 1 is 0.958 bits per heavy atom. The van der Waals surface area contributed by atoms with Crippen LogP contribution in [0, 0.1) is 5.82 Å². The number of carbonyl (C=O) groups is 1. The van der Waals surface area contributed by atoms with Gasteiger partial charge in [-0.3, -0.25) is 0 Å². The van der Waals surface area contributed by atoms with E-state index in [2.05, 4.69) is 10.6 Å². The van der Waals surface area contributed by atoms with Gasteiger partial charge < -0.3 is 10.6 Å². The third-order valence-corrected chi connectivity index (χ3v) is 3.47. The number of hydrogen-bond acceptors (Lipinski definition) is 1. The molecule has 7 heteroatoms. The van der Waals surface area contributed by atoms with E-state index in [4.69, 9.17) is 0 Å². The van der Waals surface area contributed by atoms with E-state index in [9.17, 15) is 22.4 Å². The van der Waals surface area contributed by atoms with Gasteiger partial charge in [-0.15, -0.1) is 0 Å². The van der Waals surface area contributed by atoms with Gasteiger partial charge in [0, 0.05) is 0 Å². The number of anilines is 1. The lowest BCUT2D eigenvalue weighted by atomic mass is 9.94. The van der Waals surface area contributed by atoms with Crippen molar-refractivity contribution >= 4 is 11.7 Å². The number of carbonyl (C=O) groups excluding carboxylic acids is 1. The number of rotatable bonds is 3. The molecule has 0 aliphatic rings. The molecule has 2 aromatic carbocycles. The van der Waals surface area contributed by atoms with Crippen molar-refractivity contribution in [3.63, 3.8) is 0 Å². The van der Waals surface area contributed by atoms with Crippen LogP contribution in [0.5, 0.6) is 0 Å². The van der Waals surface area contributed by atoms with Crippen molar-refractivity contribution in [3.05, 3.63) is 65.5 Å². The fraction of sp³-hybridized carbons (Fsp3) is 0.235. The van der Waals surface area contributed by atoms with Crippen molar-refractivity contribution in [1.29, 1.82) is 0 Å². The number of alkyl halides is 3. The molecule has 0 heterocycles. The molecule has 0 aliphatic carbocycles. The summed E-state index contributed by atoms with van der Waals surface area (Å²) in [6.07, 6.45) is -4.57. The summed E-state index contributed by atoms with van der Waals surface area (Å²) in [5.41, 5.74) is -1.55. The highest BCUT2D eigenvalue weighted by Gasteiger charge is 2.34. The van der Waals surface area contributed by atoms with Gasteiger partial charge in [0.05, 0.1) is 16.8 Å². The Morgan fingerprint density at radius 2 is 1.54 bits per heavy atom. The molecular weight excluding hydrogens is 324 g/mol. The Bertz CT molecular complexity index is 724. The van der Waals surface area contributed by atoms with Crippen LogP contribution in [-0.4, -0.2) is 6.03 Å². The van der Waals surface area contributed by atoms with Crippen LogP contribution in [0.1, 0.15) is 25.0 Å². The zero-order valence-corrected chi connectivity index (χ0v) is 13.0. The summed E-state index contributed by atoms with van der Waals surface area (Å²) in [6, 6.07) is 9.41. The second-order valence-electron chi connectivity index (χ2n) is 5.75. The molecular formula is C17H16F4N2O. The first-order valence-electron chi connectivity index (χ1n) is 7.11. The number of hydrogen-bond donors (Lipinski definition) is 2. The lowest BCUT2D eigenvalue weighted by Crippen LogP contribution is -2.43. The van der Waals surface area contributed by atoms with Crippen LogP contribution in [0.2, 0.25) is 0 Å². The molecule has 0 radical (unpaired) electrons. The third kappa shape index (κ3) is 4.24. The fourth-order valence-corrected chi connectivity index (χ4v) is 2.22. The van der Waals surface area contributed by atoms with E-state index in [0.29, 0.717) is 5.56 Å². The summed E-state index contributed by atoms with van der Waals surface area (Å²) in [5.74, 6) is -0.418. The molecule has 2 rings (SSSR count). The average molecular weight is 340 g/mol. The third-order valence-electron chi connectivity index (χ3n) is 3.47. The number of urea groups is 1. The van der Waals surface area contributed by atoms with E-state index in [1.165, 1.54) is 42.5 Å². The van der Waals surface area contributed by atoms with E-state index >= 15 is 0 Å². The molecule has 2 aromatic rings. The van der Waals surface area contributed by atoms with Crippen LogP contribution in [0.25, 0.3) is 0 Å². The van der Waals surface area contributed by atoms with Crippen LogP contribution in [0.15, 0.2) is 48.5 Å². The average Bonchev–Trinajstić information content (AvgIpc) is 2.46. The molecule has 128 valence electrons. The Hall–Kier alpha value is -2.57. The molecule has 0 unspecified atom stereocenters. The predicted octanol–water partition coefficient (Wildman–Crippen LogP) is 4.90. The summed E-state index contributed by atoms with van der Waals surface area (Å²) in [7, 11) is 0. The van der Waals surface area contributed by atoms with Gasteiger partial charge in [-0.25, -0.2) is 9.18 Å². The van der Waals surface area contributed by atoms with Crippen molar-refractivity contribution in [3.8, 4) is 0 Å². The van der Waals surface area contributed by atoms with Gasteiger partial charge in [0.15, 0.2) is 0 Å². The number of benzene rings is 2. The molecule has 0 bridgehead atoms. The first kappa shape index (κ1) is 17.8. The summed E-state index contributed by atoms with van der Waals surface area (Å²) in [5, 5.41) is 4.79. The quantitative estimate of drug-likeness (QED) is 0.767. The van der Waals surface area contributed by atoms with Crippen LogP contribution >= 0.6 is 0 Å². The van der Waals surface area contributed by atoms with Crippen LogP contribution in [0.3, 0.4) is 0 Å². The maximum Gasteiger partial charge on any atom is 0.418 e. The van der Waals surface area contributed by atoms with Gasteiger partial charge in [0.1, 0.15) is 5.82 Å². The molecule has 0 atom stereocenters. The molecule has 3 nitrogen and oxygen atoms in total. The standard InChI is InChI=1S/C17H16F4N2O/c1-16(2,11-7-9-12(18)10-8-11)23-15(24)22-14-6-4-3-5-13(14)17(19,20)21/h3-10H,1-2H3,(H2,22,23,24). The van der Waals surface area contributed by atoms with Crippen molar-refractivity contribution in [1.82, 2.24) is 5.32 Å². The molecule has 2 amide bonds. The fourth-order valence-electron chi connectivity index (χ4n) is 2.22. The van der Waals surface area contributed by atoms with Gasteiger partial charge in [0.25, 0.3) is 0 Å². The van der Waals surface area contributed by atoms with E-state index in [-0.39, 0.29) is 5.69 Å². The smallest absolute Gasteiger partial charge is 0.329 e. The van der Waals surface area contributed by atoms with Crippen LogP contribution < -0.4 is 10.6 Å². The normalized spacial score (nSPS) is 11.9. The molecule has 0 saturated carbocycles. The lowest BCUT2D eigenvalue weighted by Gasteiger charge is -2.27. The second kappa shape index (κ2) is 6.51. The highest BCUT2D eigenvalue weighted by molar-refractivity contribution is 5.90. The lowest BCUT2D eigenvalue weighted by molar-refractivity contribution is -0.136. The first-order chi connectivity index (χ1) is 11.1. The maximum atomic E-state index is 13.0. The number of para-hydroxylation sites is 1. The zero-order valence-electron chi connectivity index (χ0n) is 13.0. The minimum absolute atomic E-state index is 0.336. The minimum Gasteiger partial charge on any atom is -0.329 e. The zero-order chi connectivity index (χ0) is 18.0. The molecule has 0 aliphatic heterocycles. The van der Waals surface area contributed by atoms with Gasteiger partial charge in [-0.1, -0.05) is 24.3 Å². The number of halogens is 4. The van der Waals surface area contributed by atoms with Gasteiger partial charge in [-0.05, 0) is 43.7 Å². The van der Waals surface area contributed by atoms with Crippen molar-refractivity contribution in [2.45, 2.75) is 25.6 Å². The second-order valence-corrected chi connectivity index (χ2v) is 5.75. The highest BCUT2D eigenvalue weighted by atomic mass is 19.4. The largest absolute Gasteiger partial charge is 0.418 e. The summed E-state index contributed by atoms with van der Waals surface area (Å²) in [6.45, 7) is 3.32. The first-order valence-corrected chi connectivity index (χ1v) is 7.11. The van der Waals surface area contributed by atoms with Crippen LogP contribution in [-0.2, 0) is 11.7 Å². The summed E-state index contributed by atoms with van der Waals surface area (Å²) < 4.78 is 51.8. The maximum absolute atomic E-state index is 13.0. The molecule has 2 N–H and O–H groups in total. The molecule has 0 spiro atoms. The van der Waals surface area contributed by atoms with E-state index in [1.54, 1.807) is 13.8 Å². The Balaban J connectivity index is 2.15. The Labute approximate surface area is 136 Å². The SMILES string of the molecule is CC(C)(NC(=O)Nc1ccccc1C(F)(F)F)c1ccc(F)cc1. The van der Waals surface area contributed by atoms with Crippen molar-refractivity contribution in [2.24, 2.45) is 0 Å². The van der Waals surface area contributed by atoms with Crippen molar-refractivity contribution < 1.29 is 22.4 Å².